The molecule has 1 aromatic rings. The Labute approximate surface area is 154 Å². The van der Waals surface area contributed by atoms with Crippen molar-refractivity contribution in [1.82, 2.24) is 0 Å². The van der Waals surface area contributed by atoms with Gasteiger partial charge in [-0.2, -0.15) is 0 Å². The van der Waals surface area contributed by atoms with Gasteiger partial charge in [-0.3, -0.25) is 0 Å². The highest BCUT2D eigenvalue weighted by atomic mass is 28.3. The molecule has 0 atom stereocenters. The molecule has 1 aromatic carbocycles. The van der Waals surface area contributed by atoms with Gasteiger partial charge >= 0.3 is 0 Å². The largest absolute Gasteiger partial charge is 0.204 e. The van der Waals surface area contributed by atoms with Crippen molar-refractivity contribution in [2.24, 2.45) is 17.8 Å². The zero-order chi connectivity index (χ0) is 17.8. The van der Waals surface area contributed by atoms with Gasteiger partial charge in [0.1, 0.15) is 0 Å². The second kappa shape index (κ2) is 8.79. The smallest absolute Gasteiger partial charge is 0.159 e. The van der Waals surface area contributed by atoms with Crippen LogP contribution < -0.4 is 0 Å². The molecule has 0 bridgehead atoms. The summed E-state index contributed by atoms with van der Waals surface area (Å²) in [5.41, 5.74) is 1.00. The second-order valence-electron chi connectivity index (χ2n) is 9.04. The van der Waals surface area contributed by atoms with Crippen molar-refractivity contribution in [3.8, 4) is 0 Å². The van der Waals surface area contributed by atoms with E-state index in [1.807, 2.05) is 0 Å². The molecule has 1 aliphatic heterocycles. The van der Waals surface area contributed by atoms with Gasteiger partial charge in [0, 0.05) is 8.80 Å². The summed E-state index contributed by atoms with van der Waals surface area (Å²) < 4.78 is 26.6. The summed E-state index contributed by atoms with van der Waals surface area (Å²) in [5, 5.41) is 0. The van der Waals surface area contributed by atoms with Crippen LogP contribution in [0.5, 0.6) is 0 Å². The minimum atomic E-state index is -0.726. The van der Waals surface area contributed by atoms with Crippen LogP contribution in [0, 0.1) is 29.4 Å². The summed E-state index contributed by atoms with van der Waals surface area (Å²) in [6.45, 7) is 4.71. The fourth-order valence-electron chi connectivity index (χ4n) is 5.21. The molecule has 0 amide bonds. The SMILES string of the molecule is CC(C)CC[SiH]1CCC(C2CCC(c3ccc(F)c(F)c3)CC2)CC1. The Hall–Kier alpha value is -0.703. The van der Waals surface area contributed by atoms with Crippen LogP contribution in [0.3, 0.4) is 0 Å². The van der Waals surface area contributed by atoms with Gasteiger partial charge in [-0.1, -0.05) is 57.3 Å². The van der Waals surface area contributed by atoms with Crippen molar-refractivity contribution < 1.29 is 8.78 Å². The van der Waals surface area contributed by atoms with Crippen LogP contribution in [0.25, 0.3) is 0 Å². The average molecular weight is 365 g/mol. The van der Waals surface area contributed by atoms with E-state index < -0.39 is 20.4 Å². The van der Waals surface area contributed by atoms with Gasteiger partial charge in [-0.25, -0.2) is 8.78 Å². The first kappa shape index (κ1) is 19.1. The molecule has 2 fully saturated rings. The standard InChI is InChI=1S/C22H34F2Si/c1-16(2)9-12-25-13-10-19(11-14-25)17-3-5-18(6-4-17)20-7-8-21(23)22(24)15-20/h7-8,15-19,25H,3-6,9-14H2,1-2H3. The molecule has 1 saturated carbocycles. The maximum atomic E-state index is 13.5. The monoisotopic (exact) mass is 364 g/mol. The molecule has 0 N–H and O–H groups in total. The fourth-order valence-corrected chi connectivity index (χ4v) is 9.01. The molecule has 25 heavy (non-hydrogen) atoms. The molecule has 2 aliphatic rings. The van der Waals surface area contributed by atoms with Crippen LogP contribution >= 0.6 is 0 Å². The van der Waals surface area contributed by atoms with E-state index in [4.69, 9.17) is 0 Å². The van der Waals surface area contributed by atoms with Gasteiger partial charge < -0.3 is 0 Å². The minimum absolute atomic E-state index is 0.424. The van der Waals surface area contributed by atoms with Gasteiger partial charge in [-0.05, 0) is 67.1 Å². The van der Waals surface area contributed by atoms with E-state index >= 15 is 0 Å². The number of halogens is 2. The van der Waals surface area contributed by atoms with Crippen molar-refractivity contribution in [2.75, 3.05) is 0 Å². The first-order chi connectivity index (χ1) is 12.0. The Bertz CT molecular complexity index is 541. The summed E-state index contributed by atoms with van der Waals surface area (Å²) >= 11 is 0. The van der Waals surface area contributed by atoms with E-state index in [2.05, 4.69) is 13.8 Å². The zero-order valence-electron chi connectivity index (χ0n) is 15.9. The number of hydrogen-bond donors (Lipinski definition) is 0. The van der Waals surface area contributed by atoms with Crippen molar-refractivity contribution in [3.05, 3.63) is 35.4 Å². The summed E-state index contributed by atoms with van der Waals surface area (Å²) in [7, 11) is -0.424. The summed E-state index contributed by atoms with van der Waals surface area (Å²) in [4.78, 5) is 0. The van der Waals surface area contributed by atoms with Crippen LogP contribution in [0.15, 0.2) is 18.2 Å². The third-order valence-electron chi connectivity index (χ3n) is 6.90. The highest BCUT2D eigenvalue weighted by Gasteiger charge is 2.31. The van der Waals surface area contributed by atoms with E-state index in [9.17, 15) is 8.78 Å². The van der Waals surface area contributed by atoms with E-state index in [0.717, 1.165) is 36.2 Å². The van der Waals surface area contributed by atoms with E-state index in [-0.39, 0.29) is 0 Å². The second-order valence-corrected chi connectivity index (χ2v) is 12.5. The van der Waals surface area contributed by atoms with Gasteiger partial charge in [0.25, 0.3) is 0 Å². The minimum Gasteiger partial charge on any atom is -0.204 e. The first-order valence-corrected chi connectivity index (χ1v) is 12.9. The maximum Gasteiger partial charge on any atom is 0.159 e. The highest BCUT2D eigenvalue weighted by molar-refractivity contribution is 6.58. The predicted molar refractivity (Wildman–Crippen MR) is 105 cm³/mol. The number of benzene rings is 1. The Balaban J connectivity index is 1.44. The number of hydrogen-bond acceptors (Lipinski definition) is 0. The molecule has 1 heterocycles. The number of rotatable bonds is 5. The lowest BCUT2D eigenvalue weighted by Gasteiger charge is -2.38. The Morgan fingerprint density at radius 2 is 1.56 bits per heavy atom. The Kier molecular flexibility index (Phi) is 6.71. The van der Waals surface area contributed by atoms with Crippen LogP contribution in [0.1, 0.15) is 70.3 Å². The lowest BCUT2D eigenvalue weighted by Crippen LogP contribution is -2.28. The molecular formula is C22H34F2Si. The van der Waals surface area contributed by atoms with Gasteiger partial charge in [0.05, 0.1) is 0 Å². The molecule has 140 valence electrons. The van der Waals surface area contributed by atoms with Crippen molar-refractivity contribution in [1.29, 1.82) is 0 Å². The highest BCUT2D eigenvalue weighted by Crippen LogP contribution is 2.43. The van der Waals surface area contributed by atoms with Crippen LogP contribution in [0.4, 0.5) is 8.78 Å². The first-order valence-electron chi connectivity index (χ1n) is 10.5. The van der Waals surface area contributed by atoms with Crippen LogP contribution in [-0.2, 0) is 0 Å². The molecule has 0 spiro atoms. The summed E-state index contributed by atoms with van der Waals surface area (Å²) in [6.07, 6.45) is 9.28. The van der Waals surface area contributed by atoms with Crippen LogP contribution in [0.2, 0.25) is 18.1 Å². The predicted octanol–water partition coefficient (Wildman–Crippen LogP) is 6.92. The third kappa shape index (κ3) is 5.15. The van der Waals surface area contributed by atoms with Gasteiger partial charge in [0.2, 0.25) is 0 Å². The Morgan fingerprint density at radius 1 is 0.920 bits per heavy atom. The molecule has 3 heteroatoms. The third-order valence-corrected chi connectivity index (χ3v) is 10.3. The maximum absolute atomic E-state index is 13.5. The lowest BCUT2D eigenvalue weighted by atomic mass is 9.72. The molecule has 1 saturated heterocycles. The van der Waals surface area contributed by atoms with Gasteiger partial charge in [-0.15, -0.1) is 0 Å². The molecule has 3 rings (SSSR count). The molecule has 0 unspecified atom stereocenters. The van der Waals surface area contributed by atoms with Gasteiger partial charge in [0.15, 0.2) is 11.6 Å². The van der Waals surface area contributed by atoms with Crippen molar-refractivity contribution in [3.63, 3.8) is 0 Å². The Morgan fingerprint density at radius 3 is 2.16 bits per heavy atom. The fraction of sp³-hybridized carbons (Fsp3) is 0.727. The zero-order valence-corrected chi connectivity index (χ0v) is 17.1. The molecule has 0 aromatic heterocycles. The van der Waals surface area contributed by atoms with E-state index in [0.29, 0.717) is 5.92 Å². The van der Waals surface area contributed by atoms with Crippen molar-refractivity contribution >= 4 is 8.80 Å². The quantitative estimate of drug-likeness (QED) is 0.497. The summed E-state index contributed by atoms with van der Waals surface area (Å²) in [5.74, 6) is 1.73. The average Bonchev–Trinajstić information content (AvgIpc) is 2.63. The topological polar surface area (TPSA) is 0 Å². The summed E-state index contributed by atoms with van der Waals surface area (Å²) in [6, 6.07) is 9.20. The van der Waals surface area contributed by atoms with E-state index in [1.54, 1.807) is 24.2 Å². The molecule has 1 aliphatic carbocycles. The molecule has 0 radical (unpaired) electrons. The molecular weight excluding hydrogens is 330 g/mol. The van der Waals surface area contributed by atoms with Crippen molar-refractivity contribution in [2.45, 2.75) is 82.8 Å². The lowest BCUT2D eigenvalue weighted by molar-refractivity contribution is 0.216. The van der Waals surface area contributed by atoms with Crippen LogP contribution in [-0.4, -0.2) is 8.80 Å². The normalized spacial score (nSPS) is 30.6. The molecule has 0 nitrogen and oxygen atoms in total. The van der Waals surface area contributed by atoms with E-state index in [1.165, 1.54) is 44.2 Å².